The quantitative estimate of drug-likeness (QED) is 0.520. The molecule has 2 rings (SSSR count). The average molecular weight is 298 g/mol. The van der Waals surface area contributed by atoms with Gasteiger partial charge in [0.25, 0.3) is 11.6 Å². The Balaban J connectivity index is 2.13. The van der Waals surface area contributed by atoms with Crippen LogP contribution in [-0.4, -0.2) is 16.6 Å². The molecule has 0 bridgehead atoms. The number of amides is 1. The normalized spacial score (nSPS) is 10.0. The smallest absolute Gasteiger partial charge is 0.270 e. The van der Waals surface area contributed by atoms with Gasteiger partial charge in [-0.1, -0.05) is 13.0 Å². The van der Waals surface area contributed by atoms with E-state index in [4.69, 9.17) is 0 Å². The number of nitrogens with zero attached hydrogens (tertiary/aromatic N) is 1. The van der Waals surface area contributed by atoms with E-state index in [0.29, 0.717) is 17.7 Å². The van der Waals surface area contributed by atoms with E-state index in [2.05, 4.69) is 5.32 Å². The number of ketones is 1. The standard InChI is InChI=1S/C16H14N2O4/c1-2-15(19)11-6-8-13(9-7-11)17-16(20)12-4-3-5-14(10-12)18(21)22/h3-10H,2H2,1H3,(H,17,20). The highest BCUT2D eigenvalue weighted by molar-refractivity contribution is 6.05. The molecule has 0 saturated heterocycles. The Morgan fingerprint density at radius 3 is 2.36 bits per heavy atom. The van der Waals surface area contributed by atoms with Crippen LogP contribution in [0.2, 0.25) is 0 Å². The lowest BCUT2D eigenvalue weighted by atomic mass is 10.1. The summed E-state index contributed by atoms with van der Waals surface area (Å²) in [7, 11) is 0. The van der Waals surface area contributed by atoms with Crippen molar-refractivity contribution in [1.29, 1.82) is 0 Å². The van der Waals surface area contributed by atoms with Crippen molar-refractivity contribution in [3.05, 3.63) is 69.8 Å². The van der Waals surface area contributed by atoms with Crippen LogP contribution in [0.1, 0.15) is 34.1 Å². The van der Waals surface area contributed by atoms with E-state index in [0.717, 1.165) is 0 Å². The molecule has 0 fully saturated rings. The fourth-order valence-corrected chi connectivity index (χ4v) is 1.91. The van der Waals surface area contributed by atoms with Crippen molar-refractivity contribution in [3.63, 3.8) is 0 Å². The highest BCUT2D eigenvalue weighted by Crippen LogP contribution is 2.16. The van der Waals surface area contributed by atoms with Gasteiger partial charge in [-0.15, -0.1) is 0 Å². The van der Waals surface area contributed by atoms with Gasteiger partial charge in [-0.25, -0.2) is 0 Å². The van der Waals surface area contributed by atoms with Crippen molar-refractivity contribution in [1.82, 2.24) is 0 Å². The largest absolute Gasteiger partial charge is 0.322 e. The molecule has 1 amide bonds. The molecule has 0 spiro atoms. The molecule has 1 N–H and O–H groups in total. The van der Waals surface area contributed by atoms with Gasteiger partial charge in [-0.3, -0.25) is 19.7 Å². The van der Waals surface area contributed by atoms with Crippen LogP contribution in [0, 0.1) is 10.1 Å². The van der Waals surface area contributed by atoms with E-state index in [-0.39, 0.29) is 17.0 Å². The third-order valence-corrected chi connectivity index (χ3v) is 3.11. The van der Waals surface area contributed by atoms with Crippen LogP contribution >= 0.6 is 0 Å². The summed E-state index contributed by atoms with van der Waals surface area (Å²) >= 11 is 0. The van der Waals surface area contributed by atoms with Crippen molar-refractivity contribution in [2.45, 2.75) is 13.3 Å². The summed E-state index contributed by atoms with van der Waals surface area (Å²) in [6.07, 6.45) is 0.416. The van der Waals surface area contributed by atoms with Crippen molar-refractivity contribution >= 4 is 23.1 Å². The lowest BCUT2D eigenvalue weighted by molar-refractivity contribution is -0.384. The van der Waals surface area contributed by atoms with Crippen LogP contribution in [0.4, 0.5) is 11.4 Å². The molecule has 0 unspecified atom stereocenters. The van der Waals surface area contributed by atoms with Crippen molar-refractivity contribution < 1.29 is 14.5 Å². The SMILES string of the molecule is CCC(=O)c1ccc(NC(=O)c2cccc([N+](=O)[O-])c2)cc1. The molecular weight excluding hydrogens is 284 g/mol. The number of carbonyl (C=O) groups excluding carboxylic acids is 2. The van der Waals surface area contributed by atoms with Crippen LogP contribution in [0.5, 0.6) is 0 Å². The number of anilines is 1. The van der Waals surface area contributed by atoms with Gasteiger partial charge in [0.1, 0.15) is 0 Å². The number of rotatable bonds is 5. The Labute approximate surface area is 126 Å². The van der Waals surface area contributed by atoms with E-state index >= 15 is 0 Å². The summed E-state index contributed by atoms with van der Waals surface area (Å²) in [6, 6.07) is 12.0. The Morgan fingerprint density at radius 2 is 1.77 bits per heavy atom. The van der Waals surface area contributed by atoms with Crippen LogP contribution in [-0.2, 0) is 0 Å². The van der Waals surface area contributed by atoms with Crippen molar-refractivity contribution in [3.8, 4) is 0 Å². The summed E-state index contributed by atoms with van der Waals surface area (Å²) in [5, 5.41) is 13.3. The van der Waals surface area contributed by atoms with E-state index in [1.807, 2.05) is 0 Å². The Bertz CT molecular complexity index is 723. The maximum absolute atomic E-state index is 12.1. The predicted molar refractivity (Wildman–Crippen MR) is 82.1 cm³/mol. The molecule has 0 heterocycles. The Kier molecular flexibility index (Phi) is 4.63. The summed E-state index contributed by atoms with van der Waals surface area (Å²) in [4.78, 5) is 33.7. The fraction of sp³-hybridized carbons (Fsp3) is 0.125. The molecule has 6 nitrogen and oxygen atoms in total. The lowest BCUT2D eigenvalue weighted by Gasteiger charge is -2.06. The second-order valence-electron chi connectivity index (χ2n) is 4.62. The molecular formula is C16H14N2O4. The predicted octanol–water partition coefficient (Wildman–Crippen LogP) is 3.44. The van der Waals surface area contributed by atoms with E-state index < -0.39 is 10.8 Å². The van der Waals surface area contributed by atoms with E-state index in [9.17, 15) is 19.7 Å². The number of Topliss-reactive ketones (excluding diaryl/α,β-unsaturated/α-hetero) is 1. The van der Waals surface area contributed by atoms with Crippen LogP contribution in [0.25, 0.3) is 0 Å². The number of carbonyl (C=O) groups is 2. The van der Waals surface area contributed by atoms with E-state index in [1.54, 1.807) is 31.2 Å². The number of hydrogen-bond donors (Lipinski definition) is 1. The molecule has 2 aromatic carbocycles. The van der Waals surface area contributed by atoms with Gasteiger partial charge < -0.3 is 5.32 Å². The minimum Gasteiger partial charge on any atom is -0.322 e. The minimum absolute atomic E-state index is 0.0246. The molecule has 0 aliphatic rings. The topological polar surface area (TPSA) is 89.3 Å². The molecule has 0 aromatic heterocycles. The van der Waals surface area contributed by atoms with Gasteiger partial charge >= 0.3 is 0 Å². The average Bonchev–Trinajstić information content (AvgIpc) is 2.54. The Morgan fingerprint density at radius 1 is 1.09 bits per heavy atom. The van der Waals surface area contributed by atoms with Gasteiger partial charge in [0, 0.05) is 35.4 Å². The zero-order chi connectivity index (χ0) is 16.1. The second-order valence-corrected chi connectivity index (χ2v) is 4.62. The summed E-state index contributed by atoms with van der Waals surface area (Å²) in [5.74, 6) is -0.421. The molecule has 2 aromatic rings. The fourth-order valence-electron chi connectivity index (χ4n) is 1.91. The van der Waals surface area contributed by atoms with Gasteiger partial charge in [0.15, 0.2) is 5.78 Å². The number of benzene rings is 2. The van der Waals surface area contributed by atoms with Crippen LogP contribution < -0.4 is 5.32 Å². The first-order chi connectivity index (χ1) is 10.5. The molecule has 0 radical (unpaired) electrons. The number of nitrogens with one attached hydrogen (secondary N) is 1. The maximum atomic E-state index is 12.1. The number of hydrogen-bond acceptors (Lipinski definition) is 4. The van der Waals surface area contributed by atoms with E-state index in [1.165, 1.54) is 24.3 Å². The summed E-state index contributed by atoms with van der Waals surface area (Å²) in [6.45, 7) is 1.78. The number of non-ortho nitro benzene ring substituents is 1. The number of nitro benzene ring substituents is 1. The maximum Gasteiger partial charge on any atom is 0.270 e. The van der Waals surface area contributed by atoms with Gasteiger partial charge in [0.2, 0.25) is 0 Å². The minimum atomic E-state index is -0.554. The first-order valence-corrected chi connectivity index (χ1v) is 6.70. The summed E-state index contributed by atoms with van der Waals surface area (Å²) < 4.78 is 0. The zero-order valence-corrected chi connectivity index (χ0v) is 11.9. The first-order valence-electron chi connectivity index (χ1n) is 6.70. The molecule has 6 heteroatoms. The second kappa shape index (κ2) is 6.62. The van der Waals surface area contributed by atoms with Crippen molar-refractivity contribution in [2.75, 3.05) is 5.32 Å². The summed E-state index contributed by atoms with van der Waals surface area (Å²) in [5.41, 5.74) is 1.15. The third kappa shape index (κ3) is 3.54. The van der Waals surface area contributed by atoms with Crippen LogP contribution in [0.3, 0.4) is 0 Å². The molecule has 0 aliphatic heterocycles. The first kappa shape index (κ1) is 15.4. The molecule has 0 atom stereocenters. The lowest BCUT2D eigenvalue weighted by Crippen LogP contribution is -2.12. The zero-order valence-electron chi connectivity index (χ0n) is 11.9. The van der Waals surface area contributed by atoms with Gasteiger partial charge in [-0.05, 0) is 30.3 Å². The molecule has 0 saturated carbocycles. The number of nitro groups is 1. The van der Waals surface area contributed by atoms with Crippen molar-refractivity contribution in [2.24, 2.45) is 0 Å². The molecule has 22 heavy (non-hydrogen) atoms. The third-order valence-electron chi connectivity index (χ3n) is 3.11. The monoisotopic (exact) mass is 298 g/mol. The highest BCUT2D eigenvalue weighted by Gasteiger charge is 2.12. The highest BCUT2D eigenvalue weighted by atomic mass is 16.6. The van der Waals surface area contributed by atoms with Crippen LogP contribution in [0.15, 0.2) is 48.5 Å². The van der Waals surface area contributed by atoms with Gasteiger partial charge in [0.05, 0.1) is 4.92 Å². The van der Waals surface area contributed by atoms with Gasteiger partial charge in [-0.2, -0.15) is 0 Å². The Hall–Kier alpha value is -3.02. The molecule has 112 valence electrons. The molecule has 0 aliphatic carbocycles.